The molecule has 0 fully saturated rings. The van der Waals surface area contributed by atoms with Gasteiger partial charge in [-0.05, 0) is 19.1 Å². The number of methoxy groups -OCH3 is 1. The predicted octanol–water partition coefficient (Wildman–Crippen LogP) is 1.02. The Bertz CT molecular complexity index is 477. The number of hydrogen-bond acceptors (Lipinski definition) is 3. The van der Waals surface area contributed by atoms with Gasteiger partial charge in [-0.15, -0.1) is 0 Å². The molecule has 0 spiro atoms. The maximum absolute atomic E-state index is 13.5. The van der Waals surface area contributed by atoms with Crippen LogP contribution in [0, 0.1) is 12.7 Å². The summed E-state index contributed by atoms with van der Waals surface area (Å²) in [7, 11) is 1.54. The number of hydrogen-bond donors (Lipinski definition) is 2. The smallest absolute Gasteiger partial charge is 0.254 e. The van der Waals surface area contributed by atoms with E-state index in [0.29, 0.717) is 13.2 Å². The summed E-state index contributed by atoms with van der Waals surface area (Å²) in [6.07, 6.45) is 0.142. The van der Waals surface area contributed by atoms with Crippen molar-refractivity contribution in [1.82, 2.24) is 10.6 Å². The minimum atomic E-state index is -0.572. The highest BCUT2D eigenvalue weighted by Crippen LogP contribution is 2.09. The second kappa shape index (κ2) is 8.27. The molecule has 2 N–H and O–H groups in total. The van der Waals surface area contributed by atoms with Gasteiger partial charge in [0.25, 0.3) is 5.91 Å². The molecule has 0 bridgehead atoms. The van der Waals surface area contributed by atoms with Crippen LogP contribution in [0.3, 0.4) is 0 Å². The van der Waals surface area contributed by atoms with Gasteiger partial charge in [0.05, 0.1) is 12.2 Å². The van der Waals surface area contributed by atoms with Crippen LogP contribution in [0.15, 0.2) is 18.2 Å². The highest BCUT2D eigenvalue weighted by molar-refractivity contribution is 5.94. The number of ether oxygens (including phenoxy) is 1. The standard InChI is InChI=1S/C14H19FN2O3/c1-10-3-4-12(15)11(9-10)14(19)17-6-5-13(18)16-7-8-20-2/h3-4,9H,5-8H2,1-2H3,(H,16,18)(H,17,19). The molecule has 20 heavy (non-hydrogen) atoms. The van der Waals surface area contributed by atoms with E-state index in [2.05, 4.69) is 10.6 Å². The van der Waals surface area contributed by atoms with Gasteiger partial charge in [0.2, 0.25) is 5.91 Å². The van der Waals surface area contributed by atoms with E-state index in [1.165, 1.54) is 12.1 Å². The van der Waals surface area contributed by atoms with Crippen LogP contribution in [-0.2, 0) is 9.53 Å². The first-order valence-corrected chi connectivity index (χ1v) is 6.34. The third-order valence-corrected chi connectivity index (χ3v) is 2.63. The topological polar surface area (TPSA) is 67.4 Å². The second-order valence-electron chi connectivity index (χ2n) is 4.33. The van der Waals surface area contributed by atoms with E-state index in [9.17, 15) is 14.0 Å². The maximum Gasteiger partial charge on any atom is 0.254 e. The third kappa shape index (κ3) is 5.36. The van der Waals surface area contributed by atoms with Gasteiger partial charge in [-0.2, -0.15) is 0 Å². The van der Waals surface area contributed by atoms with E-state index in [0.717, 1.165) is 5.56 Å². The lowest BCUT2D eigenvalue weighted by molar-refractivity contribution is -0.121. The van der Waals surface area contributed by atoms with E-state index in [-0.39, 0.29) is 24.4 Å². The van der Waals surface area contributed by atoms with E-state index < -0.39 is 11.7 Å². The average Bonchev–Trinajstić information content (AvgIpc) is 2.41. The predicted molar refractivity (Wildman–Crippen MR) is 73.0 cm³/mol. The van der Waals surface area contributed by atoms with Gasteiger partial charge < -0.3 is 15.4 Å². The fraction of sp³-hybridized carbons (Fsp3) is 0.429. The van der Waals surface area contributed by atoms with Crippen LogP contribution in [0.2, 0.25) is 0 Å². The first-order chi connectivity index (χ1) is 9.54. The summed E-state index contributed by atoms with van der Waals surface area (Å²) >= 11 is 0. The van der Waals surface area contributed by atoms with Crippen LogP contribution in [-0.4, -0.2) is 38.6 Å². The Morgan fingerprint density at radius 1 is 1.25 bits per heavy atom. The summed E-state index contributed by atoms with van der Waals surface area (Å²) in [5.74, 6) is -1.28. The summed E-state index contributed by atoms with van der Waals surface area (Å²) in [4.78, 5) is 23.1. The van der Waals surface area contributed by atoms with Gasteiger partial charge in [-0.3, -0.25) is 9.59 Å². The van der Waals surface area contributed by atoms with E-state index in [1.807, 2.05) is 0 Å². The molecule has 1 aromatic carbocycles. The molecule has 6 heteroatoms. The van der Waals surface area contributed by atoms with Crippen molar-refractivity contribution in [3.63, 3.8) is 0 Å². The Kier molecular flexibility index (Phi) is 6.66. The number of aryl methyl sites for hydroxylation is 1. The highest BCUT2D eigenvalue weighted by Gasteiger charge is 2.11. The van der Waals surface area contributed by atoms with Crippen molar-refractivity contribution in [3.8, 4) is 0 Å². The summed E-state index contributed by atoms with van der Waals surface area (Å²) in [6.45, 7) is 2.80. The summed E-state index contributed by atoms with van der Waals surface area (Å²) in [5, 5.41) is 5.15. The Morgan fingerprint density at radius 3 is 2.70 bits per heavy atom. The molecule has 0 heterocycles. The third-order valence-electron chi connectivity index (χ3n) is 2.63. The Morgan fingerprint density at radius 2 is 2.00 bits per heavy atom. The molecule has 0 atom stereocenters. The van der Waals surface area contributed by atoms with Crippen molar-refractivity contribution >= 4 is 11.8 Å². The van der Waals surface area contributed by atoms with E-state index >= 15 is 0 Å². The van der Waals surface area contributed by atoms with E-state index in [4.69, 9.17) is 4.74 Å². The van der Waals surface area contributed by atoms with Gasteiger partial charge in [0.1, 0.15) is 5.82 Å². The zero-order chi connectivity index (χ0) is 15.0. The number of amides is 2. The van der Waals surface area contributed by atoms with Crippen LogP contribution in [0.4, 0.5) is 4.39 Å². The normalized spacial score (nSPS) is 10.2. The molecule has 0 aliphatic heterocycles. The van der Waals surface area contributed by atoms with Crippen LogP contribution in [0.1, 0.15) is 22.3 Å². The lowest BCUT2D eigenvalue weighted by atomic mass is 10.1. The van der Waals surface area contributed by atoms with Crippen molar-refractivity contribution in [3.05, 3.63) is 35.1 Å². The minimum absolute atomic E-state index is 0.00945. The van der Waals surface area contributed by atoms with E-state index in [1.54, 1.807) is 20.1 Å². The van der Waals surface area contributed by atoms with Crippen molar-refractivity contribution in [1.29, 1.82) is 0 Å². The highest BCUT2D eigenvalue weighted by atomic mass is 19.1. The van der Waals surface area contributed by atoms with Crippen LogP contribution in [0.25, 0.3) is 0 Å². The number of rotatable bonds is 7. The minimum Gasteiger partial charge on any atom is -0.383 e. The van der Waals surface area contributed by atoms with Crippen LogP contribution < -0.4 is 10.6 Å². The summed E-state index contributed by atoms with van der Waals surface area (Å²) in [5.41, 5.74) is 0.790. The summed E-state index contributed by atoms with van der Waals surface area (Å²) in [6, 6.07) is 4.32. The van der Waals surface area contributed by atoms with Crippen LogP contribution in [0.5, 0.6) is 0 Å². The zero-order valence-corrected chi connectivity index (χ0v) is 11.7. The lowest BCUT2D eigenvalue weighted by Crippen LogP contribution is -2.32. The van der Waals surface area contributed by atoms with Gasteiger partial charge >= 0.3 is 0 Å². The SMILES string of the molecule is COCCNC(=O)CCNC(=O)c1cc(C)ccc1F. The molecule has 0 radical (unpaired) electrons. The number of benzene rings is 1. The molecule has 2 amide bonds. The monoisotopic (exact) mass is 282 g/mol. The van der Waals surface area contributed by atoms with Crippen LogP contribution >= 0.6 is 0 Å². The van der Waals surface area contributed by atoms with Gasteiger partial charge in [0.15, 0.2) is 0 Å². The molecule has 0 aromatic heterocycles. The molecule has 0 saturated heterocycles. The fourth-order valence-corrected chi connectivity index (χ4v) is 1.58. The van der Waals surface area contributed by atoms with Crippen molar-refractivity contribution in [2.45, 2.75) is 13.3 Å². The van der Waals surface area contributed by atoms with Gasteiger partial charge in [0, 0.05) is 26.6 Å². The molecule has 5 nitrogen and oxygen atoms in total. The quantitative estimate of drug-likeness (QED) is 0.734. The second-order valence-corrected chi connectivity index (χ2v) is 4.33. The Hall–Kier alpha value is -1.95. The largest absolute Gasteiger partial charge is 0.383 e. The number of carbonyl (C=O) groups excluding carboxylic acids is 2. The molecule has 110 valence electrons. The molecule has 0 saturated carbocycles. The maximum atomic E-state index is 13.5. The first kappa shape index (κ1) is 16.1. The fourth-order valence-electron chi connectivity index (χ4n) is 1.58. The zero-order valence-electron chi connectivity index (χ0n) is 11.7. The molecule has 0 aliphatic rings. The number of halogens is 1. The first-order valence-electron chi connectivity index (χ1n) is 6.34. The molecule has 0 unspecified atom stereocenters. The molecular weight excluding hydrogens is 263 g/mol. The average molecular weight is 282 g/mol. The molecule has 1 rings (SSSR count). The summed E-state index contributed by atoms with van der Waals surface area (Å²) < 4.78 is 18.2. The Balaban J connectivity index is 2.36. The van der Waals surface area contributed by atoms with Crippen molar-refractivity contribution in [2.24, 2.45) is 0 Å². The van der Waals surface area contributed by atoms with Gasteiger partial charge in [-0.1, -0.05) is 11.6 Å². The molecular formula is C14H19FN2O3. The van der Waals surface area contributed by atoms with Gasteiger partial charge in [-0.25, -0.2) is 4.39 Å². The Labute approximate surface area is 117 Å². The number of carbonyl (C=O) groups is 2. The lowest BCUT2D eigenvalue weighted by Gasteiger charge is -2.07. The number of nitrogens with one attached hydrogen (secondary N) is 2. The molecule has 0 aliphatic carbocycles. The van der Waals surface area contributed by atoms with Crippen molar-refractivity contribution in [2.75, 3.05) is 26.8 Å². The van der Waals surface area contributed by atoms with Crippen molar-refractivity contribution < 1.29 is 18.7 Å². The molecule has 1 aromatic rings.